The van der Waals surface area contributed by atoms with E-state index in [4.69, 9.17) is 53.0 Å². The summed E-state index contributed by atoms with van der Waals surface area (Å²) in [6.45, 7) is 5.48. The number of aromatic nitrogens is 3. The zero-order chi connectivity index (χ0) is 26.5. The second-order valence-corrected chi connectivity index (χ2v) is 15.0. The molecule has 1 aromatic carbocycles. The van der Waals surface area contributed by atoms with Crippen LogP contribution in [0.4, 0.5) is 10.1 Å². The van der Waals surface area contributed by atoms with Crippen molar-refractivity contribution >= 4 is 56.7 Å². The number of nitrogens with zero attached hydrogens (tertiary/aromatic N) is 3. The SMILES string of the molecule is C[C@H](Nc1cc(Cl)nc2c1cnn2[C@@H]1O[C@H](COCP(=O)(Cl)Cl)[C@H]2OC(C)(C)O[C@H]21)c1ccccc1F. The quantitative estimate of drug-likeness (QED) is 0.235. The fourth-order valence-electron chi connectivity index (χ4n) is 4.70. The van der Waals surface area contributed by atoms with Crippen LogP contribution < -0.4 is 5.32 Å². The number of anilines is 1. The lowest BCUT2D eigenvalue weighted by Gasteiger charge is -2.24. The van der Waals surface area contributed by atoms with Crippen molar-refractivity contribution in [1.82, 2.24) is 14.8 Å². The van der Waals surface area contributed by atoms with Gasteiger partial charge < -0.3 is 24.3 Å². The van der Waals surface area contributed by atoms with Crippen molar-refractivity contribution in [3.63, 3.8) is 0 Å². The molecule has 5 atom stereocenters. The van der Waals surface area contributed by atoms with Gasteiger partial charge in [-0.2, -0.15) is 5.10 Å². The molecule has 200 valence electrons. The molecule has 37 heavy (non-hydrogen) atoms. The van der Waals surface area contributed by atoms with Crippen LogP contribution in [-0.4, -0.2) is 51.8 Å². The summed E-state index contributed by atoms with van der Waals surface area (Å²) in [4.78, 5) is 4.48. The Balaban J connectivity index is 1.44. The van der Waals surface area contributed by atoms with Gasteiger partial charge in [0.2, 0.25) is 0 Å². The molecule has 0 amide bonds. The highest BCUT2D eigenvalue weighted by atomic mass is 35.9. The molecule has 2 aliphatic heterocycles. The lowest BCUT2D eigenvalue weighted by atomic mass is 10.1. The van der Waals surface area contributed by atoms with Crippen LogP contribution in [0.2, 0.25) is 5.15 Å². The maximum Gasteiger partial charge on any atom is 0.277 e. The summed E-state index contributed by atoms with van der Waals surface area (Å²) in [7, 11) is 0. The van der Waals surface area contributed by atoms with Gasteiger partial charge in [0.05, 0.1) is 29.9 Å². The summed E-state index contributed by atoms with van der Waals surface area (Å²) in [5.41, 5.74) is 1.59. The monoisotopic (exact) mass is 592 g/mol. The van der Waals surface area contributed by atoms with Crippen LogP contribution in [0.3, 0.4) is 0 Å². The van der Waals surface area contributed by atoms with Crippen LogP contribution in [0, 0.1) is 5.82 Å². The van der Waals surface area contributed by atoms with Gasteiger partial charge >= 0.3 is 0 Å². The molecular formula is C23H25Cl3FN4O5P. The first-order valence-electron chi connectivity index (χ1n) is 11.5. The van der Waals surface area contributed by atoms with Gasteiger partial charge in [0, 0.05) is 5.56 Å². The molecule has 4 heterocycles. The van der Waals surface area contributed by atoms with Crippen molar-refractivity contribution in [2.75, 3.05) is 18.3 Å². The number of nitrogens with one attached hydrogen (secondary N) is 1. The molecule has 0 unspecified atom stereocenters. The summed E-state index contributed by atoms with van der Waals surface area (Å²) in [6, 6.07) is 7.87. The Morgan fingerprint density at radius 3 is 2.73 bits per heavy atom. The van der Waals surface area contributed by atoms with Crippen molar-refractivity contribution in [3.05, 3.63) is 53.1 Å². The summed E-state index contributed by atoms with van der Waals surface area (Å²) in [5, 5.41) is 8.72. The molecule has 0 saturated carbocycles. The minimum atomic E-state index is -3.40. The predicted molar refractivity (Wildman–Crippen MR) is 139 cm³/mol. The van der Waals surface area contributed by atoms with Crippen molar-refractivity contribution in [2.45, 2.75) is 57.1 Å². The van der Waals surface area contributed by atoms with Gasteiger partial charge in [-0.15, -0.1) is 0 Å². The van der Waals surface area contributed by atoms with E-state index >= 15 is 0 Å². The lowest BCUT2D eigenvalue weighted by Crippen LogP contribution is -2.33. The third-order valence-corrected chi connectivity index (χ3v) is 7.43. The Morgan fingerprint density at radius 2 is 2.00 bits per heavy atom. The highest BCUT2D eigenvalue weighted by Crippen LogP contribution is 2.56. The maximum atomic E-state index is 14.3. The summed E-state index contributed by atoms with van der Waals surface area (Å²) < 4.78 is 51.4. The zero-order valence-corrected chi connectivity index (χ0v) is 23.3. The van der Waals surface area contributed by atoms with E-state index in [9.17, 15) is 8.96 Å². The second-order valence-electron chi connectivity index (χ2n) is 9.41. The van der Waals surface area contributed by atoms with Crippen LogP contribution in [0.15, 0.2) is 36.5 Å². The van der Waals surface area contributed by atoms with E-state index in [0.717, 1.165) is 0 Å². The number of fused-ring (bicyclic) bond motifs is 2. The lowest BCUT2D eigenvalue weighted by molar-refractivity contribution is -0.202. The van der Waals surface area contributed by atoms with Gasteiger partial charge in [0.25, 0.3) is 5.85 Å². The minimum absolute atomic E-state index is 0.0287. The van der Waals surface area contributed by atoms with E-state index in [2.05, 4.69) is 15.4 Å². The van der Waals surface area contributed by atoms with Crippen LogP contribution in [0.1, 0.15) is 38.6 Å². The van der Waals surface area contributed by atoms with E-state index in [1.54, 1.807) is 49.0 Å². The molecule has 0 bridgehead atoms. The Morgan fingerprint density at radius 1 is 1.27 bits per heavy atom. The summed E-state index contributed by atoms with van der Waals surface area (Å²) in [6.07, 6.45) is -1.02. The molecule has 2 saturated heterocycles. The molecule has 5 rings (SSSR count). The van der Waals surface area contributed by atoms with Crippen molar-refractivity contribution in [2.24, 2.45) is 0 Å². The zero-order valence-electron chi connectivity index (χ0n) is 20.1. The number of hydrogen-bond acceptors (Lipinski definition) is 8. The normalized spacial score (nSPS) is 25.9. The van der Waals surface area contributed by atoms with Crippen LogP contribution in [0.25, 0.3) is 11.0 Å². The Labute approximate surface area is 227 Å². The molecule has 0 radical (unpaired) electrons. The smallest absolute Gasteiger partial charge is 0.277 e. The minimum Gasteiger partial charge on any atom is -0.378 e. The van der Waals surface area contributed by atoms with Gasteiger partial charge in [-0.25, -0.2) is 14.1 Å². The van der Waals surface area contributed by atoms with Crippen molar-refractivity contribution in [1.29, 1.82) is 0 Å². The third-order valence-electron chi connectivity index (χ3n) is 6.17. The number of halogens is 4. The molecule has 2 aliphatic rings. The maximum absolute atomic E-state index is 14.3. The molecular weight excluding hydrogens is 569 g/mol. The van der Waals surface area contributed by atoms with Crippen molar-refractivity contribution < 1.29 is 27.9 Å². The molecule has 3 aromatic rings. The standard InChI is InChI=1S/C23H25Cl3FN4O5P/c1-12(13-6-4-5-7-15(13)27)29-16-8-18(24)30-21-14(16)9-28-31(21)22-20-19(35-23(2,3)36-20)17(34-22)10-33-11-37(25,26)32/h4-9,12,17,19-20,22H,10-11H2,1-3H3,(H,29,30)/t12-,17+,19+,20+,22+/m0/s1. The molecule has 1 N–H and O–H groups in total. The van der Waals surface area contributed by atoms with Gasteiger partial charge in [-0.3, -0.25) is 4.57 Å². The number of benzene rings is 1. The van der Waals surface area contributed by atoms with E-state index in [1.807, 2.05) is 6.92 Å². The molecule has 9 nitrogen and oxygen atoms in total. The van der Waals surface area contributed by atoms with E-state index < -0.39 is 36.2 Å². The molecule has 2 aromatic heterocycles. The number of ether oxygens (including phenoxy) is 4. The molecule has 0 aliphatic carbocycles. The van der Waals surface area contributed by atoms with Crippen molar-refractivity contribution in [3.8, 4) is 0 Å². The highest BCUT2D eigenvalue weighted by molar-refractivity contribution is 8.08. The van der Waals surface area contributed by atoms with Crippen LogP contribution in [0.5, 0.6) is 0 Å². The number of rotatable bonds is 8. The Kier molecular flexibility index (Phi) is 7.50. The second kappa shape index (κ2) is 10.2. The van der Waals surface area contributed by atoms with Gasteiger partial charge in [-0.05, 0) is 55.4 Å². The van der Waals surface area contributed by atoms with E-state index in [1.165, 1.54) is 6.07 Å². The van der Waals surface area contributed by atoms with Gasteiger partial charge in [-0.1, -0.05) is 29.8 Å². The highest BCUT2D eigenvalue weighted by Gasteiger charge is 2.56. The van der Waals surface area contributed by atoms with Gasteiger partial charge in [0.15, 0.2) is 17.7 Å². The molecule has 2 fully saturated rings. The number of pyridine rings is 1. The summed E-state index contributed by atoms with van der Waals surface area (Å²) >= 11 is 17.6. The average molecular weight is 594 g/mol. The number of hydrogen-bond donors (Lipinski definition) is 1. The van der Waals surface area contributed by atoms with E-state index in [-0.39, 0.29) is 30.0 Å². The third kappa shape index (κ3) is 5.77. The Hall–Kier alpha value is -1.49. The van der Waals surface area contributed by atoms with E-state index in [0.29, 0.717) is 22.3 Å². The first-order valence-corrected chi connectivity index (χ1v) is 15.6. The fourth-order valence-corrected chi connectivity index (χ4v) is 5.62. The molecule has 14 heteroatoms. The van der Waals surface area contributed by atoms with Gasteiger partial charge in [0.1, 0.15) is 35.6 Å². The summed E-state index contributed by atoms with van der Waals surface area (Å²) in [5.74, 6) is -4.58. The van der Waals surface area contributed by atoms with Crippen LogP contribution in [-0.2, 0) is 23.5 Å². The Bertz CT molecular complexity index is 1360. The fraction of sp³-hybridized carbons (Fsp3) is 0.478. The average Bonchev–Trinajstić information content (AvgIpc) is 3.44. The topological polar surface area (TPSA) is 96.7 Å². The first kappa shape index (κ1) is 27.1. The first-order chi connectivity index (χ1) is 17.4. The molecule has 0 spiro atoms. The largest absolute Gasteiger partial charge is 0.378 e. The predicted octanol–water partition coefficient (Wildman–Crippen LogP) is 6.46. The van der Waals surface area contributed by atoms with Crippen LogP contribution >= 0.6 is 39.9 Å².